The fourth-order valence-electron chi connectivity index (χ4n) is 2.83. The lowest BCUT2D eigenvalue weighted by Crippen LogP contribution is -2.14. The molecule has 12 nitrogen and oxygen atoms in total. The number of esters is 2. The van der Waals surface area contributed by atoms with Crippen molar-refractivity contribution in [2.45, 2.75) is 6.92 Å². The van der Waals surface area contributed by atoms with Gasteiger partial charge in [-0.05, 0) is 43.3 Å². The molecule has 33 heavy (non-hydrogen) atoms. The van der Waals surface area contributed by atoms with Gasteiger partial charge in [-0.3, -0.25) is 4.79 Å². The molecule has 0 unspecified atom stereocenters. The Labute approximate surface area is 185 Å². The van der Waals surface area contributed by atoms with Gasteiger partial charge in [-0.25, -0.2) is 14.4 Å². The van der Waals surface area contributed by atoms with Gasteiger partial charge in [0.05, 0.1) is 36.4 Å². The number of benzene rings is 2. The number of allylic oxidation sites excluding steroid dienone is 1. The van der Waals surface area contributed by atoms with E-state index in [2.05, 4.69) is 30.3 Å². The van der Waals surface area contributed by atoms with E-state index < -0.39 is 35.0 Å². The maximum atomic E-state index is 12.7. The van der Waals surface area contributed by atoms with Gasteiger partial charge in [0, 0.05) is 5.69 Å². The number of carbonyl (C=O) groups excluding carboxylic acids is 3. The van der Waals surface area contributed by atoms with Crippen LogP contribution in [-0.2, 0) is 14.3 Å². The minimum absolute atomic E-state index is 0.0221. The van der Waals surface area contributed by atoms with E-state index in [-0.39, 0.29) is 16.8 Å². The molecule has 0 aliphatic heterocycles. The molecule has 3 rings (SSSR count). The number of aromatic nitrogens is 2. The van der Waals surface area contributed by atoms with Crippen LogP contribution in [0.2, 0.25) is 0 Å². The van der Waals surface area contributed by atoms with Crippen molar-refractivity contribution < 1.29 is 29.0 Å². The van der Waals surface area contributed by atoms with Crippen molar-refractivity contribution in [1.82, 2.24) is 9.97 Å². The first-order chi connectivity index (χ1) is 15.7. The van der Waals surface area contributed by atoms with Crippen molar-refractivity contribution in [2.24, 2.45) is 10.2 Å². The second-order valence-corrected chi connectivity index (χ2v) is 6.64. The van der Waals surface area contributed by atoms with Gasteiger partial charge >= 0.3 is 17.6 Å². The summed E-state index contributed by atoms with van der Waals surface area (Å²) < 4.78 is 9.35. The molecule has 3 aromatic rings. The number of amides is 1. The SMILES string of the molecule is COC(=O)c1ccc(C(=O)OC)c(N=N/C(C(=O)Nc2ccc3[nH]c(=O)[nH]c3c2)=C(\C)O)c1. The van der Waals surface area contributed by atoms with Crippen molar-refractivity contribution in [1.29, 1.82) is 0 Å². The van der Waals surface area contributed by atoms with Crippen molar-refractivity contribution >= 4 is 40.3 Å². The molecule has 1 amide bonds. The Morgan fingerprint density at radius 3 is 2.33 bits per heavy atom. The molecule has 0 spiro atoms. The van der Waals surface area contributed by atoms with Crippen molar-refractivity contribution in [3.05, 3.63) is 69.5 Å². The van der Waals surface area contributed by atoms with Crippen molar-refractivity contribution in [3.8, 4) is 0 Å². The number of aliphatic hydroxyl groups excluding tert-OH is 1. The number of rotatable bonds is 6. The van der Waals surface area contributed by atoms with Crippen LogP contribution in [0.3, 0.4) is 0 Å². The van der Waals surface area contributed by atoms with E-state index in [0.29, 0.717) is 16.7 Å². The number of fused-ring (bicyclic) bond motifs is 1. The van der Waals surface area contributed by atoms with E-state index in [1.165, 1.54) is 45.4 Å². The van der Waals surface area contributed by atoms with Crippen LogP contribution in [0.15, 0.2) is 62.9 Å². The van der Waals surface area contributed by atoms with Gasteiger partial charge in [-0.15, -0.1) is 10.2 Å². The molecule has 1 aromatic heterocycles. The summed E-state index contributed by atoms with van der Waals surface area (Å²) in [5.74, 6) is -2.67. The Morgan fingerprint density at radius 2 is 1.67 bits per heavy atom. The number of ether oxygens (including phenoxy) is 2. The molecular weight excluding hydrogens is 434 g/mol. The van der Waals surface area contributed by atoms with Gasteiger partial charge in [-0.1, -0.05) is 0 Å². The Bertz CT molecular complexity index is 1360. The lowest BCUT2D eigenvalue weighted by atomic mass is 10.1. The van der Waals surface area contributed by atoms with E-state index in [0.717, 1.165) is 0 Å². The summed E-state index contributed by atoms with van der Waals surface area (Å²) in [5.41, 5.74) is 0.472. The zero-order chi connectivity index (χ0) is 24.1. The topological polar surface area (TPSA) is 175 Å². The number of methoxy groups -OCH3 is 2. The summed E-state index contributed by atoms with van der Waals surface area (Å²) in [5, 5.41) is 20.2. The lowest BCUT2D eigenvalue weighted by Gasteiger charge is -2.07. The highest BCUT2D eigenvalue weighted by molar-refractivity contribution is 6.04. The monoisotopic (exact) mass is 453 g/mol. The lowest BCUT2D eigenvalue weighted by molar-refractivity contribution is -0.113. The maximum absolute atomic E-state index is 12.7. The number of anilines is 1. The van der Waals surface area contributed by atoms with Crippen molar-refractivity contribution in [2.75, 3.05) is 19.5 Å². The van der Waals surface area contributed by atoms with Gasteiger partial charge < -0.3 is 29.9 Å². The molecule has 0 fully saturated rings. The summed E-state index contributed by atoms with van der Waals surface area (Å²) in [4.78, 5) is 53.1. The predicted octanol–water partition coefficient (Wildman–Crippen LogP) is 2.94. The molecule has 0 aliphatic rings. The molecule has 170 valence electrons. The number of hydrogen-bond donors (Lipinski definition) is 4. The highest BCUT2D eigenvalue weighted by atomic mass is 16.5. The van der Waals surface area contributed by atoms with Crippen LogP contribution in [0.4, 0.5) is 11.4 Å². The number of azo groups is 1. The number of nitrogens with zero attached hydrogens (tertiary/aromatic N) is 2. The Hall–Kier alpha value is -4.74. The quantitative estimate of drug-likeness (QED) is 0.192. The average Bonchev–Trinajstić information content (AvgIpc) is 3.17. The molecule has 0 aliphatic carbocycles. The van der Waals surface area contributed by atoms with Gasteiger partial charge in [0.2, 0.25) is 0 Å². The molecule has 0 saturated carbocycles. The Morgan fingerprint density at radius 1 is 0.970 bits per heavy atom. The van der Waals surface area contributed by atoms with Crippen LogP contribution in [0.25, 0.3) is 11.0 Å². The second kappa shape index (κ2) is 9.60. The largest absolute Gasteiger partial charge is 0.510 e. The zero-order valence-electron chi connectivity index (χ0n) is 17.8. The summed E-state index contributed by atoms with van der Waals surface area (Å²) in [6, 6.07) is 8.52. The van der Waals surface area contributed by atoms with E-state index in [1.54, 1.807) is 12.1 Å². The van der Waals surface area contributed by atoms with Gasteiger partial charge in [0.25, 0.3) is 5.91 Å². The summed E-state index contributed by atoms with van der Waals surface area (Å²) in [7, 11) is 2.36. The Kier molecular flexibility index (Phi) is 6.67. The number of imidazole rings is 1. The molecule has 0 bridgehead atoms. The number of aliphatic hydroxyl groups is 1. The zero-order valence-corrected chi connectivity index (χ0v) is 17.8. The van der Waals surface area contributed by atoms with Crippen LogP contribution in [0, 0.1) is 0 Å². The van der Waals surface area contributed by atoms with Crippen LogP contribution < -0.4 is 11.0 Å². The first kappa shape index (κ1) is 22.9. The normalized spacial score (nSPS) is 11.8. The molecule has 1 heterocycles. The first-order valence-corrected chi connectivity index (χ1v) is 9.39. The van der Waals surface area contributed by atoms with Crippen molar-refractivity contribution in [3.63, 3.8) is 0 Å². The minimum atomic E-state index is -0.806. The second-order valence-electron chi connectivity index (χ2n) is 6.64. The highest BCUT2D eigenvalue weighted by Crippen LogP contribution is 2.25. The molecule has 0 atom stereocenters. The van der Waals surface area contributed by atoms with Crippen LogP contribution in [0.5, 0.6) is 0 Å². The van der Waals surface area contributed by atoms with E-state index in [1.807, 2.05) is 0 Å². The fourth-order valence-corrected chi connectivity index (χ4v) is 2.83. The molecule has 0 radical (unpaired) electrons. The number of carbonyl (C=O) groups is 3. The number of nitrogens with one attached hydrogen (secondary N) is 3. The Balaban J connectivity index is 1.92. The van der Waals surface area contributed by atoms with E-state index >= 15 is 0 Å². The minimum Gasteiger partial charge on any atom is -0.510 e. The maximum Gasteiger partial charge on any atom is 0.340 e. The van der Waals surface area contributed by atoms with Gasteiger partial charge in [-0.2, -0.15) is 0 Å². The van der Waals surface area contributed by atoms with Crippen LogP contribution in [-0.4, -0.2) is 47.1 Å². The summed E-state index contributed by atoms with van der Waals surface area (Å²) in [6.45, 7) is 1.23. The third-order valence-corrected chi connectivity index (χ3v) is 4.41. The standard InChI is InChI=1S/C21H19N5O7/c1-10(27)17(18(28)22-12-5-7-14-16(9-12)24-21(31)23-14)26-25-15-8-11(19(29)32-2)4-6-13(15)20(30)33-3/h4-9,27H,1-3H3,(H,22,28)(H2,23,24,31)/b17-10+,26-25?. The average molecular weight is 453 g/mol. The highest BCUT2D eigenvalue weighted by Gasteiger charge is 2.18. The summed E-state index contributed by atoms with van der Waals surface area (Å²) >= 11 is 0. The molecule has 2 aromatic carbocycles. The molecule has 4 N–H and O–H groups in total. The molecule has 0 saturated heterocycles. The molecule has 12 heteroatoms. The number of H-pyrrole nitrogens is 2. The number of hydrogen-bond acceptors (Lipinski definition) is 9. The van der Waals surface area contributed by atoms with Crippen LogP contribution >= 0.6 is 0 Å². The summed E-state index contributed by atoms with van der Waals surface area (Å²) in [6.07, 6.45) is 0. The molecular formula is C21H19N5O7. The number of aromatic amines is 2. The predicted molar refractivity (Wildman–Crippen MR) is 117 cm³/mol. The third kappa shape index (κ3) is 5.12. The smallest absolute Gasteiger partial charge is 0.340 e. The van der Waals surface area contributed by atoms with Crippen LogP contribution in [0.1, 0.15) is 27.6 Å². The third-order valence-electron chi connectivity index (χ3n) is 4.41. The fraction of sp³-hybridized carbons (Fsp3) is 0.143. The first-order valence-electron chi connectivity index (χ1n) is 9.39. The van der Waals surface area contributed by atoms with Gasteiger partial charge in [0.15, 0.2) is 5.70 Å². The van der Waals surface area contributed by atoms with Gasteiger partial charge in [0.1, 0.15) is 11.4 Å². The van der Waals surface area contributed by atoms with E-state index in [4.69, 9.17) is 4.74 Å². The van der Waals surface area contributed by atoms with E-state index in [9.17, 15) is 24.3 Å².